The van der Waals surface area contributed by atoms with Crippen LogP contribution < -0.4 is 9.62 Å². The summed E-state index contributed by atoms with van der Waals surface area (Å²) >= 11 is 5.84. The van der Waals surface area contributed by atoms with Crippen LogP contribution in [0.2, 0.25) is 5.02 Å². The van der Waals surface area contributed by atoms with Gasteiger partial charge in [-0.2, -0.15) is 0 Å². The van der Waals surface area contributed by atoms with E-state index in [-0.39, 0.29) is 10.8 Å². The van der Waals surface area contributed by atoms with Crippen LogP contribution in [-0.4, -0.2) is 21.4 Å². The standard InChI is InChI=1S/C21H19ClN2O3S/c1-15-6-3-4-9-20(15)23-21(25)16-7-5-8-18(14-16)24(2)28(26,27)19-12-10-17(22)11-13-19/h3-14H,1-2H3,(H,23,25). The third kappa shape index (κ3) is 4.18. The normalized spacial score (nSPS) is 11.1. The highest BCUT2D eigenvalue weighted by atomic mass is 35.5. The van der Waals surface area contributed by atoms with Crippen LogP contribution in [0.25, 0.3) is 0 Å². The number of anilines is 2. The summed E-state index contributed by atoms with van der Waals surface area (Å²) in [6.07, 6.45) is 0. The van der Waals surface area contributed by atoms with Gasteiger partial charge in [0.1, 0.15) is 0 Å². The molecule has 0 saturated carbocycles. The smallest absolute Gasteiger partial charge is 0.264 e. The number of carbonyl (C=O) groups excluding carboxylic acids is 1. The summed E-state index contributed by atoms with van der Waals surface area (Å²) < 4.78 is 26.8. The molecule has 7 heteroatoms. The summed E-state index contributed by atoms with van der Waals surface area (Å²) in [6.45, 7) is 1.90. The first-order chi connectivity index (χ1) is 13.3. The fourth-order valence-electron chi connectivity index (χ4n) is 2.65. The quantitative estimate of drug-likeness (QED) is 0.656. The Kier molecular flexibility index (Phi) is 5.72. The molecule has 3 aromatic rings. The molecule has 0 unspecified atom stereocenters. The Morgan fingerprint density at radius 2 is 1.64 bits per heavy atom. The predicted octanol–water partition coefficient (Wildman–Crippen LogP) is 4.73. The third-order valence-corrected chi connectivity index (χ3v) is 6.39. The van der Waals surface area contributed by atoms with E-state index in [1.807, 2.05) is 31.2 Å². The average molecular weight is 415 g/mol. The van der Waals surface area contributed by atoms with E-state index in [0.717, 1.165) is 9.87 Å². The fourth-order valence-corrected chi connectivity index (χ4v) is 3.97. The summed E-state index contributed by atoms with van der Waals surface area (Å²) in [4.78, 5) is 12.7. The molecule has 3 rings (SSSR count). The first-order valence-corrected chi connectivity index (χ1v) is 10.3. The second-order valence-corrected chi connectivity index (χ2v) is 8.65. The summed E-state index contributed by atoms with van der Waals surface area (Å²) in [5.74, 6) is -0.312. The molecule has 28 heavy (non-hydrogen) atoms. The maximum absolute atomic E-state index is 12.8. The Balaban J connectivity index is 1.87. The lowest BCUT2D eigenvalue weighted by molar-refractivity contribution is 0.102. The molecule has 0 spiro atoms. The van der Waals surface area contributed by atoms with Gasteiger partial charge in [-0.25, -0.2) is 8.42 Å². The third-order valence-electron chi connectivity index (χ3n) is 4.34. The molecule has 144 valence electrons. The van der Waals surface area contributed by atoms with E-state index in [4.69, 9.17) is 11.6 Å². The van der Waals surface area contributed by atoms with Gasteiger partial charge in [-0.3, -0.25) is 9.10 Å². The molecule has 5 nitrogen and oxygen atoms in total. The molecule has 0 bridgehead atoms. The van der Waals surface area contributed by atoms with Crippen molar-refractivity contribution < 1.29 is 13.2 Å². The van der Waals surface area contributed by atoms with Crippen molar-refractivity contribution in [1.82, 2.24) is 0 Å². The predicted molar refractivity (Wildman–Crippen MR) is 113 cm³/mol. The number of nitrogens with zero attached hydrogens (tertiary/aromatic N) is 1. The van der Waals surface area contributed by atoms with Crippen molar-refractivity contribution in [2.45, 2.75) is 11.8 Å². The van der Waals surface area contributed by atoms with Crippen LogP contribution >= 0.6 is 11.6 Å². The molecule has 0 aliphatic carbocycles. The average Bonchev–Trinajstić information content (AvgIpc) is 2.69. The number of para-hydroxylation sites is 1. The van der Waals surface area contributed by atoms with Crippen molar-refractivity contribution in [3.8, 4) is 0 Å². The Morgan fingerprint density at radius 3 is 2.32 bits per heavy atom. The maximum atomic E-state index is 12.8. The van der Waals surface area contributed by atoms with Crippen molar-refractivity contribution in [3.63, 3.8) is 0 Å². The van der Waals surface area contributed by atoms with Gasteiger partial charge < -0.3 is 5.32 Å². The van der Waals surface area contributed by atoms with Gasteiger partial charge in [-0.1, -0.05) is 35.9 Å². The second-order valence-electron chi connectivity index (χ2n) is 6.25. The van der Waals surface area contributed by atoms with Crippen molar-refractivity contribution in [1.29, 1.82) is 0 Å². The highest BCUT2D eigenvalue weighted by Gasteiger charge is 2.22. The number of carbonyl (C=O) groups is 1. The number of aryl methyl sites for hydroxylation is 1. The van der Waals surface area contributed by atoms with Gasteiger partial charge in [0.25, 0.3) is 15.9 Å². The monoisotopic (exact) mass is 414 g/mol. The zero-order valence-corrected chi connectivity index (χ0v) is 17.0. The SMILES string of the molecule is Cc1ccccc1NC(=O)c1cccc(N(C)S(=O)(=O)c2ccc(Cl)cc2)c1. The van der Waals surface area contributed by atoms with Crippen molar-refractivity contribution in [3.05, 3.63) is 88.9 Å². The van der Waals surface area contributed by atoms with Crippen molar-refractivity contribution >= 4 is 38.9 Å². The van der Waals surface area contributed by atoms with Crippen LogP contribution in [0.15, 0.2) is 77.7 Å². The number of sulfonamides is 1. The first kappa shape index (κ1) is 19.9. The molecule has 1 amide bonds. The molecular weight excluding hydrogens is 396 g/mol. The minimum Gasteiger partial charge on any atom is -0.322 e. The van der Waals surface area contributed by atoms with Gasteiger partial charge in [0.05, 0.1) is 10.6 Å². The zero-order valence-electron chi connectivity index (χ0n) is 15.4. The van der Waals surface area contributed by atoms with Crippen molar-refractivity contribution in [2.75, 3.05) is 16.7 Å². The number of benzene rings is 3. The molecule has 0 heterocycles. The summed E-state index contributed by atoms with van der Waals surface area (Å²) in [5, 5.41) is 3.30. The molecule has 0 radical (unpaired) electrons. The van der Waals surface area contributed by atoms with Crippen LogP contribution in [0, 0.1) is 6.92 Å². The lowest BCUT2D eigenvalue weighted by Gasteiger charge is -2.20. The van der Waals surface area contributed by atoms with Gasteiger partial charge in [0, 0.05) is 23.3 Å². The number of halogens is 1. The van der Waals surface area contributed by atoms with Crippen LogP contribution in [0.1, 0.15) is 15.9 Å². The number of rotatable bonds is 5. The number of amides is 1. The van der Waals surface area contributed by atoms with E-state index >= 15 is 0 Å². The summed E-state index contributed by atoms with van der Waals surface area (Å²) in [7, 11) is -2.33. The van der Waals surface area contributed by atoms with Crippen LogP contribution in [0.4, 0.5) is 11.4 Å². The highest BCUT2D eigenvalue weighted by Crippen LogP contribution is 2.24. The molecule has 3 aromatic carbocycles. The molecule has 1 N–H and O–H groups in total. The zero-order chi connectivity index (χ0) is 20.3. The lowest BCUT2D eigenvalue weighted by atomic mass is 10.1. The second kappa shape index (κ2) is 8.04. The van der Waals surface area contributed by atoms with Gasteiger partial charge in [0.2, 0.25) is 0 Å². The van der Waals surface area contributed by atoms with E-state index in [9.17, 15) is 13.2 Å². The Morgan fingerprint density at radius 1 is 0.964 bits per heavy atom. The van der Waals surface area contributed by atoms with E-state index < -0.39 is 10.0 Å². The van der Waals surface area contributed by atoms with Crippen molar-refractivity contribution in [2.24, 2.45) is 0 Å². The summed E-state index contributed by atoms with van der Waals surface area (Å²) in [6, 6.07) is 19.9. The van der Waals surface area contributed by atoms with Gasteiger partial charge in [-0.05, 0) is 61.0 Å². The van der Waals surface area contributed by atoms with E-state index in [0.29, 0.717) is 22.0 Å². The molecule has 0 atom stereocenters. The van der Waals surface area contributed by atoms with E-state index in [1.165, 1.54) is 31.3 Å². The topological polar surface area (TPSA) is 66.5 Å². The molecule has 0 aromatic heterocycles. The minimum atomic E-state index is -3.77. The Labute approximate surface area is 169 Å². The largest absolute Gasteiger partial charge is 0.322 e. The van der Waals surface area contributed by atoms with E-state index in [2.05, 4.69) is 5.32 Å². The van der Waals surface area contributed by atoms with Crippen LogP contribution in [0.3, 0.4) is 0 Å². The number of hydrogen-bond donors (Lipinski definition) is 1. The van der Waals surface area contributed by atoms with Crippen LogP contribution in [-0.2, 0) is 10.0 Å². The van der Waals surface area contributed by atoms with Gasteiger partial charge in [-0.15, -0.1) is 0 Å². The van der Waals surface area contributed by atoms with Crippen LogP contribution in [0.5, 0.6) is 0 Å². The first-order valence-electron chi connectivity index (χ1n) is 8.50. The minimum absolute atomic E-state index is 0.120. The van der Waals surface area contributed by atoms with Gasteiger partial charge in [0.15, 0.2) is 0 Å². The number of nitrogens with one attached hydrogen (secondary N) is 1. The molecule has 0 fully saturated rings. The summed E-state index contributed by atoms with van der Waals surface area (Å²) in [5.41, 5.74) is 2.39. The van der Waals surface area contributed by atoms with Gasteiger partial charge >= 0.3 is 0 Å². The Bertz CT molecular complexity index is 1110. The van der Waals surface area contributed by atoms with E-state index in [1.54, 1.807) is 24.3 Å². The fraction of sp³-hybridized carbons (Fsp3) is 0.0952. The Hall–Kier alpha value is -2.83. The molecule has 0 aliphatic heterocycles. The lowest BCUT2D eigenvalue weighted by Crippen LogP contribution is -2.26. The molecule has 0 aliphatic rings. The number of hydrogen-bond acceptors (Lipinski definition) is 3. The molecule has 0 saturated heterocycles. The maximum Gasteiger partial charge on any atom is 0.264 e. The molecular formula is C21H19ClN2O3S. The highest BCUT2D eigenvalue weighted by molar-refractivity contribution is 7.92.